The standard InChI is InChI=1S/C15H30/c1-6-13(3)9-8-10-15(5)12-11-14(4)7-2/h11,13,15H,6-10,12H2,1-5H3. The molecule has 0 nitrogen and oxygen atoms in total. The highest BCUT2D eigenvalue weighted by atomic mass is 14.1. The molecule has 0 bridgehead atoms. The highest BCUT2D eigenvalue weighted by Gasteiger charge is 2.03. The van der Waals surface area contributed by atoms with Gasteiger partial charge in [0, 0.05) is 0 Å². The summed E-state index contributed by atoms with van der Waals surface area (Å²) in [4.78, 5) is 0. The first-order chi connectivity index (χ1) is 7.10. The van der Waals surface area contributed by atoms with Gasteiger partial charge in [-0.1, -0.05) is 65.0 Å². The quantitative estimate of drug-likeness (QED) is 0.458. The molecule has 0 amide bonds. The van der Waals surface area contributed by atoms with Crippen molar-refractivity contribution in [3.8, 4) is 0 Å². The molecule has 0 saturated heterocycles. The number of rotatable bonds is 8. The molecule has 0 spiro atoms. The van der Waals surface area contributed by atoms with Crippen LogP contribution in [0.15, 0.2) is 11.6 Å². The zero-order valence-electron chi connectivity index (χ0n) is 11.5. The summed E-state index contributed by atoms with van der Waals surface area (Å²) in [5.41, 5.74) is 1.55. The van der Waals surface area contributed by atoms with Crippen LogP contribution in [-0.4, -0.2) is 0 Å². The summed E-state index contributed by atoms with van der Waals surface area (Å²) < 4.78 is 0. The van der Waals surface area contributed by atoms with E-state index >= 15 is 0 Å². The smallest absolute Gasteiger partial charge is 0.0322 e. The van der Waals surface area contributed by atoms with Crippen LogP contribution in [0.5, 0.6) is 0 Å². The lowest BCUT2D eigenvalue weighted by molar-refractivity contribution is 0.435. The van der Waals surface area contributed by atoms with Crippen LogP contribution in [-0.2, 0) is 0 Å². The van der Waals surface area contributed by atoms with Crippen LogP contribution >= 0.6 is 0 Å². The Kier molecular flexibility index (Phi) is 8.85. The molecular formula is C15H30. The lowest BCUT2D eigenvalue weighted by Crippen LogP contribution is -1.97. The molecule has 0 aliphatic carbocycles. The first-order valence-corrected chi connectivity index (χ1v) is 6.75. The van der Waals surface area contributed by atoms with Crippen molar-refractivity contribution >= 4 is 0 Å². The van der Waals surface area contributed by atoms with Crippen LogP contribution in [0.1, 0.15) is 73.1 Å². The minimum atomic E-state index is 0.871. The first-order valence-electron chi connectivity index (χ1n) is 6.75. The van der Waals surface area contributed by atoms with E-state index in [1.807, 2.05) is 0 Å². The van der Waals surface area contributed by atoms with Crippen LogP contribution in [0, 0.1) is 11.8 Å². The van der Waals surface area contributed by atoms with Crippen molar-refractivity contribution in [3.63, 3.8) is 0 Å². The monoisotopic (exact) mass is 210 g/mol. The topological polar surface area (TPSA) is 0 Å². The van der Waals surface area contributed by atoms with E-state index in [-0.39, 0.29) is 0 Å². The van der Waals surface area contributed by atoms with E-state index < -0.39 is 0 Å². The van der Waals surface area contributed by atoms with Gasteiger partial charge in [0.05, 0.1) is 0 Å². The SMILES string of the molecule is CCC(C)=CCC(C)CCCC(C)CC. The second kappa shape index (κ2) is 9.00. The molecule has 0 aliphatic heterocycles. The molecule has 2 unspecified atom stereocenters. The zero-order valence-corrected chi connectivity index (χ0v) is 11.5. The van der Waals surface area contributed by atoms with Gasteiger partial charge in [0.15, 0.2) is 0 Å². The van der Waals surface area contributed by atoms with Crippen molar-refractivity contribution in [2.45, 2.75) is 73.1 Å². The number of hydrogen-bond acceptors (Lipinski definition) is 0. The fourth-order valence-corrected chi connectivity index (χ4v) is 1.68. The Bertz CT molecular complexity index is 167. The normalized spacial score (nSPS) is 16.5. The summed E-state index contributed by atoms with van der Waals surface area (Å²) in [6, 6.07) is 0. The van der Waals surface area contributed by atoms with Crippen LogP contribution in [0.3, 0.4) is 0 Å². The van der Waals surface area contributed by atoms with E-state index in [2.05, 4.69) is 40.7 Å². The highest BCUT2D eigenvalue weighted by molar-refractivity contribution is 4.96. The Balaban J connectivity index is 3.53. The lowest BCUT2D eigenvalue weighted by atomic mass is 9.95. The van der Waals surface area contributed by atoms with Gasteiger partial charge in [-0.25, -0.2) is 0 Å². The van der Waals surface area contributed by atoms with Gasteiger partial charge in [-0.3, -0.25) is 0 Å². The third-order valence-electron chi connectivity index (χ3n) is 3.52. The fourth-order valence-electron chi connectivity index (χ4n) is 1.68. The molecule has 0 saturated carbocycles. The van der Waals surface area contributed by atoms with Gasteiger partial charge in [0.25, 0.3) is 0 Å². The molecule has 0 aromatic rings. The average Bonchev–Trinajstić information content (AvgIpc) is 2.25. The maximum Gasteiger partial charge on any atom is -0.0322 e. The third-order valence-corrected chi connectivity index (χ3v) is 3.52. The third kappa shape index (κ3) is 8.72. The van der Waals surface area contributed by atoms with Gasteiger partial charge in [-0.2, -0.15) is 0 Å². The average molecular weight is 210 g/mol. The maximum atomic E-state index is 2.42. The van der Waals surface area contributed by atoms with Gasteiger partial charge in [0.1, 0.15) is 0 Å². The largest absolute Gasteiger partial charge is 0.0854 e. The molecule has 2 atom stereocenters. The molecule has 0 aliphatic rings. The molecule has 0 aromatic heterocycles. The van der Waals surface area contributed by atoms with Gasteiger partial charge >= 0.3 is 0 Å². The predicted molar refractivity (Wildman–Crippen MR) is 71.1 cm³/mol. The second-order valence-electron chi connectivity index (χ2n) is 5.19. The van der Waals surface area contributed by atoms with E-state index in [4.69, 9.17) is 0 Å². The Morgan fingerprint density at radius 2 is 1.67 bits per heavy atom. The van der Waals surface area contributed by atoms with Crippen LogP contribution in [0.25, 0.3) is 0 Å². The summed E-state index contributed by atoms with van der Waals surface area (Å²) in [7, 11) is 0. The zero-order chi connectivity index (χ0) is 11.7. The Hall–Kier alpha value is -0.260. The molecule has 0 heterocycles. The van der Waals surface area contributed by atoms with E-state index in [0.717, 1.165) is 11.8 Å². The minimum Gasteiger partial charge on any atom is -0.0854 e. The van der Waals surface area contributed by atoms with E-state index in [1.54, 1.807) is 5.57 Å². The summed E-state index contributed by atoms with van der Waals surface area (Å²) in [5.74, 6) is 1.79. The fraction of sp³-hybridized carbons (Fsp3) is 0.867. The number of allylic oxidation sites excluding steroid dienone is 2. The van der Waals surface area contributed by atoms with Crippen molar-refractivity contribution in [1.29, 1.82) is 0 Å². The van der Waals surface area contributed by atoms with E-state index in [1.165, 1.54) is 38.5 Å². The molecule has 90 valence electrons. The number of hydrogen-bond donors (Lipinski definition) is 0. The predicted octanol–water partition coefficient (Wildman–Crippen LogP) is 5.59. The molecule has 0 heteroatoms. The van der Waals surface area contributed by atoms with Gasteiger partial charge in [-0.05, 0) is 31.6 Å². The van der Waals surface area contributed by atoms with Crippen molar-refractivity contribution in [3.05, 3.63) is 11.6 Å². The Morgan fingerprint density at radius 3 is 2.20 bits per heavy atom. The van der Waals surface area contributed by atoms with Crippen molar-refractivity contribution < 1.29 is 0 Å². The van der Waals surface area contributed by atoms with Crippen molar-refractivity contribution in [1.82, 2.24) is 0 Å². The van der Waals surface area contributed by atoms with Gasteiger partial charge in [-0.15, -0.1) is 0 Å². The molecule has 15 heavy (non-hydrogen) atoms. The maximum absolute atomic E-state index is 2.42. The lowest BCUT2D eigenvalue weighted by Gasteiger charge is -2.11. The first kappa shape index (κ1) is 14.7. The summed E-state index contributed by atoms with van der Waals surface area (Å²) in [6.07, 6.45) is 10.5. The highest BCUT2D eigenvalue weighted by Crippen LogP contribution is 2.18. The minimum absolute atomic E-state index is 0.871. The van der Waals surface area contributed by atoms with Crippen LogP contribution < -0.4 is 0 Å². The van der Waals surface area contributed by atoms with Gasteiger partial charge in [0.2, 0.25) is 0 Å². The second-order valence-corrected chi connectivity index (χ2v) is 5.19. The summed E-state index contributed by atoms with van der Waals surface area (Å²) in [6.45, 7) is 11.5. The molecule has 0 rings (SSSR count). The summed E-state index contributed by atoms with van der Waals surface area (Å²) in [5, 5.41) is 0. The molecule has 0 fully saturated rings. The molecule has 0 N–H and O–H groups in total. The Morgan fingerprint density at radius 1 is 1.07 bits per heavy atom. The van der Waals surface area contributed by atoms with Crippen molar-refractivity contribution in [2.24, 2.45) is 11.8 Å². The van der Waals surface area contributed by atoms with E-state index in [9.17, 15) is 0 Å². The van der Waals surface area contributed by atoms with E-state index in [0.29, 0.717) is 0 Å². The molecule has 0 radical (unpaired) electrons. The molecule has 0 aromatic carbocycles. The van der Waals surface area contributed by atoms with Gasteiger partial charge < -0.3 is 0 Å². The molecular weight excluding hydrogens is 180 g/mol. The Labute approximate surface area is 97.2 Å². The van der Waals surface area contributed by atoms with Crippen LogP contribution in [0.2, 0.25) is 0 Å². The van der Waals surface area contributed by atoms with Crippen LogP contribution in [0.4, 0.5) is 0 Å². The van der Waals surface area contributed by atoms with Crippen molar-refractivity contribution in [2.75, 3.05) is 0 Å². The summed E-state index contributed by atoms with van der Waals surface area (Å²) >= 11 is 0.